The summed E-state index contributed by atoms with van der Waals surface area (Å²) in [4.78, 5) is 40.1. The Hall–Kier alpha value is -4.98. The van der Waals surface area contributed by atoms with E-state index in [-0.39, 0.29) is 29.3 Å². The second-order valence-corrected chi connectivity index (χ2v) is 8.79. The van der Waals surface area contributed by atoms with Gasteiger partial charge in [0.2, 0.25) is 0 Å². The van der Waals surface area contributed by atoms with Crippen LogP contribution in [0.4, 0.5) is 11.4 Å². The van der Waals surface area contributed by atoms with Crippen molar-refractivity contribution in [1.82, 2.24) is 4.90 Å². The van der Waals surface area contributed by atoms with Gasteiger partial charge in [-0.3, -0.25) is 14.9 Å². The lowest BCUT2D eigenvalue weighted by Crippen LogP contribution is -2.48. The molecular formula is C29H23N3O5. The Labute approximate surface area is 213 Å². The van der Waals surface area contributed by atoms with Gasteiger partial charge in [0, 0.05) is 25.2 Å². The molecule has 0 spiro atoms. The molecule has 8 heteroatoms. The van der Waals surface area contributed by atoms with Crippen LogP contribution in [-0.2, 0) is 13.1 Å². The van der Waals surface area contributed by atoms with Crippen LogP contribution < -0.4 is 4.90 Å². The molecule has 0 unspecified atom stereocenters. The molecule has 4 aromatic rings. The Morgan fingerprint density at radius 3 is 1.92 bits per heavy atom. The number of carbonyl (C=O) groups is 2. The van der Waals surface area contributed by atoms with Crippen LogP contribution >= 0.6 is 0 Å². The molecule has 0 radical (unpaired) electrons. The highest BCUT2D eigenvalue weighted by molar-refractivity contribution is 6.02. The first kappa shape index (κ1) is 23.7. The number of amides is 1. The first-order chi connectivity index (χ1) is 17.9. The predicted octanol–water partition coefficient (Wildman–Crippen LogP) is 5.65. The summed E-state index contributed by atoms with van der Waals surface area (Å²) in [6.07, 6.45) is -0.579. The van der Waals surface area contributed by atoms with Crippen LogP contribution in [0.2, 0.25) is 0 Å². The van der Waals surface area contributed by atoms with Gasteiger partial charge in [-0.25, -0.2) is 4.79 Å². The lowest BCUT2D eigenvalue weighted by Gasteiger charge is -2.46. The molecule has 37 heavy (non-hydrogen) atoms. The third-order valence-electron chi connectivity index (χ3n) is 6.43. The number of rotatable bonds is 7. The third-order valence-corrected chi connectivity index (χ3v) is 6.43. The number of carboxylic acids is 1. The van der Waals surface area contributed by atoms with Crippen molar-refractivity contribution in [3.05, 3.63) is 141 Å². The average molecular weight is 494 g/mol. The second-order valence-electron chi connectivity index (χ2n) is 8.79. The number of nitrogens with zero attached hydrogens (tertiary/aromatic N) is 3. The first-order valence-corrected chi connectivity index (χ1v) is 11.7. The highest BCUT2D eigenvalue weighted by atomic mass is 16.6. The number of carboxylic acid groups (broad SMARTS) is 1. The Kier molecular flexibility index (Phi) is 6.38. The lowest BCUT2D eigenvalue weighted by molar-refractivity contribution is -0.384. The number of hydrogen-bond donors (Lipinski definition) is 1. The zero-order valence-corrected chi connectivity index (χ0v) is 19.7. The molecule has 8 nitrogen and oxygen atoms in total. The zero-order valence-electron chi connectivity index (χ0n) is 19.7. The van der Waals surface area contributed by atoms with E-state index >= 15 is 0 Å². The molecule has 0 fully saturated rings. The molecule has 1 aliphatic rings. The summed E-state index contributed by atoms with van der Waals surface area (Å²) in [5.41, 5.74) is 3.44. The molecule has 1 aliphatic heterocycles. The van der Waals surface area contributed by atoms with Crippen LogP contribution in [0, 0.1) is 10.1 Å². The molecule has 1 N–H and O–H groups in total. The van der Waals surface area contributed by atoms with Gasteiger partial charge in [-0.05, 0) is 34.9 Å². The van der Waals surface area contributed by atoms with E-state index < -0.39 is 17.1 Å². The van der Waals surface area contributed by atoms with Crippen LogP contribution in [0.1, 0.15) is 43.6 Å². The largest absolute Gasteiger partial charge is 0.478 e. The fraction of sp³-hybridized carbons (Fsp3) is 0.103. The molecule has 0 saturated heterocycles. The number of hydrogen-bond acceptors (Lipinski definition) is 5. The van der Waals surface area contributed by atoms with E-state index in [1.54, 1.807) is 23.1 Å². The molecular weight excluding hydrogens is 470 g/mol. The molecule has 0 aromatic heterocycles. The van der Waals surface area contributed by atoms with E-state index in [9.17, 15) is 24.8 Å². The second kappa shape index (κ2) is 9.94. The molecule has 0 saturated carbocycles. The first-order valence-electron chi connectivity index (χ1n) is 11.7. The van der Waals surface area contributed by atoms with Crippen LogP contribution in [0.3, 0.4) is 0 Å². The zero-order chi connectivity index (χ0) is 25.9. The highest BCUT2D eigenvalue weighted by Crippen LogP contribution is 2.42. The van der Waals surface area contributed by atoms with Crippen molar-refractivity contribution in [2.45, 2.75) is 19.3 Å². The van der Waals surface area contributed by atoms with Gasteiger partial charge < -0.3 is 14.9 Å². The maximum atomic E-state index is 13.9. The summed E-state index contributed by atoms with van der Waals surface area (Å²) in [7, 11) is 0. The van der Waals surface area contributed by atoms with Gasteiger partial charge in [-0.1, -0.05) is 72.8 Å². The average Bonchev–Trinajstić information content (AvgIpc) is 2.92. The van der Waals surface area contributed by atoms with Gasteiger partial charge >= 0.3 is 5.97 Å². The lowest BCUT2D eigenvalue weighted by atomic mass is 9.98. The van der Waals surface area contributed by atoms with Crippen molar-refractivity contribution in [3.8, 4) is 0 Å². The van der Waals surface area contributed by atoms with Gasteiger partial charge in [0.1, 0.15) is 6.17 Å². The quantitative estimate of drug-likeness (QED) is 0.263. The molecule has 184 valence electrons. The van der Waals surface area contributed by atoms with E-state index in [2.05, 4.69) is 0 Å². The van der Waals surface area contributed by atoms with Crippen LogP contribution in [0.5, 0.6) is 0 Å². The van der Waals surface area contributed by atoms with Gasteiger partial charge in [0.25, 0.3) is 11.6 Å². The monoisotopic (exact) mass is 493 g/mol. The molecule has 1 atom stereocenters. The van der Waals surface area contributed by atoms with Crippen molar-refractivity contribution in [3.63, 3.8) is 0 Å². The standard InChI is InChI=1S/C29H23N3O5/c33-28-25-17-24(32(36)37)15-16-26(25)30(18-20-7-3-1-4-8-20)27(22-11-13-23(14-12-22)29(34)35)31(28)19-21-9-5-2-6-10-21/h1-17,27H,18-19H2,(H,34,35)/t27-/m1/s1. The minimum atomic E-state index is -1.04. The summed E-state index contributed by atoms with van der Waals surface area (Å²) in [6, 6.07) is 30.1. The van der Waals surface area contributed by atoms with E-state index in [0.29, 0.717) is 12.2 Å². The number of fused-ring (bicyclic) bond motifs is 1. The third kappa shape index (κ3) is 4.77. The summed E-state index contributed by atoms with van der Waals surface area (Å²) in [6.45, 7) is 0.689. The van der Waals surface area contributed by atoms with E-state index in [0.717, 1.165) is 16.7 Å². The maximum absolute atomic E-state index is 13.9. The number of nitro groups is 1. The number of anilines is 1. The van der Waals surface area contributed by atoms with E-state index in [1.807, 2.05) is 65.6 Å². The number of benzene rings is 4. The molecule has 4 aromatic carbocycles. The molecule has 0 aliphatic carbocycles. The molecule has 1 amide bonds. The summed E-state index contributed by atoms with van der Waals surface area (Å²) in [5.74, 6) is -1.37. The van der Waals surface area contributed by atoms with Crippen molar-refractivity contribution in [2.24, 2.45) is 0 Å². The Morgan fingerprint density at radius 2 is 1.38 bits per heavy atom. The van der Waals surface area contributed by atoms with Crippen LogP contribution in [-0.4, -0.2) is 26.8 Å². The Bertz CT molecular complexity index is 1460. The van der Waals surface area contributed by atoms with Gasteiger partial charge in [-0.15, -0.1) is 0 Å². The van der Waals surface area contributed by atoms with Gasteiger partial charge in [0.05, 0.1) is 21.7 Å². The fourth-order valence-electron chi connectivity index (χ4n) is 4.67. The molecule has 1 heterocycles. The maximum Gasteiger partial charge on any atom is 0.335 e. The van der Waals surface area contributed by atoms with Crippen molar-refractivity contribution in [2.75, 3.05) is 4.90 Å². The fourth-order valence-corrected chi connectivity index (χ4v) is 4.67. The van der Waals surface area contributed by atoms with E-state index in [1.165, 1.54) is 24.3 Å². The Balaban J connectivity index is 1.69. The number of aromatic carboxylic acids is 1. The normalized spacial score (nSPS) is 14.8. The highest BCUT2D eigenvalue weighted by Gasteiger charge is 2.39. The van der Waals surface area contributed by atoms with Crippen molar-refractivity contribution >= 4 is 23.3 Å². The van der Waals surface area contributed by atoms with Gasteiger partial charge in [0.15, 0.2) is 0 Å². The van der Waals surface area contributed by atoms with E-state index in [4.69, 9.17) is 0 Å². The minimum Gasteiger partial charge on any atom is -0.478 e. The van der Waals surface area contributed by atoms with Crippen molar-refractivity contribution in [1.29, 1.82) is 0 Å². The summed E-state index contributed by atoms with van der Waals surface area (Å²) in [5, 5.41) is 20.9. The predicted molar refractivity (Wildman–Crippen MR) is 138 cm³/mol. The van der Waals surface area contributed by atoms with Crippen LogP contribution in [0.25, 0.3) is 0 Å². The Morgan fingerprint density at radius 1 is 0.811 bits per heavy atom. The van der Waals surface area contributed by atoms with Crippen molar-refractivity contribution < 1.29 is 19.6 Å². The summed E-state index contributed by atoms with van der Waals surface area (Å²) >= 11 is 0. The summed E-state index contributed by atoms with van der Waals surface area (Å²) < 4.78 is 0. The topological polar surface area (TPSA) is 104 Å². The molecule has 0 bridgehead atoms. The molecule has 5 rings (SSSR count). The number of nitro benzene ring substituents is 1. The smallest absolute Gasteiger partial charge is 0.335 e. The van der Waals surface area contributed by atoms with Crippen LogP contribution in [0.15, 0.2) is 103 Å². The number of carbonyl (C=O) groups excluding carboxylic acids is 1. The number of non-ortho nitro benzene ring substituents is 1. The SMILES string of the molecule is O=C(O)c1ccc([C@H]2N(Cc3ccccc3)C(=O)c3cc([N+](=O)[O-])ccc3N2Cc2ccccc2)cc1. The minimum absolute atomic E-state index is 0.145. The van der Waals surface area contributed by atoms with Gasteiger partial charge in [-0.2, -0.15) is 0 Å².